The number of ether oxygens (including phenoxy) is 1. The van der Waals surface area contributed by atoms with Gasteiger partial charge in [0.05, 0.1) is 18.7 Å². The molecule has 2 heterocycles. The smallest absolute Gasteiger partial charge is 0.228 e. The van der Waals surface area contributed by atoms with E-state index in [1.54, 1.807) is 30.8 Å². The van der Waals surface area contributed by atoms with Crippen molar-refractivity contribution in [2.45, 2.75) is 31.2 Å². The number of aryl methyl sites for hydroxylation is 1. The zero-order chi connectivity index (χ0) is 24.1. The second-order valence-electron chi connectivity index (χ2n) is 7.92. The largest absolute Gasteiger partial charge is 0.494 e. The SMILES string of the molecule is CCOc1ccc(-n2c(SCc3csc(CC(=O)N(C)C)n3)nnc2-c2cccc(C)c2)cc1. The molecule has 0 spiro atoms. The lowest BCUT2D eigenvalue weighted by Crippen LogP contribution is -2.23. The molecule has 2 aromatic heterocycles. The molecule has 0 unspecified atom stereocenters. The van der Waals surface area contributed by atoms with Crippen LogP contribution in [-0.2, 0) is 17.0 Å². The lowest BCUT2D eigenvalue weighted by Gasteiger charge is -2.11. The van der Waals surface area contributed by atoms with Gasteiger partial charge in [-0.25, -0.2) is 4.98 Å². The average Bonchev–Trinajstić information content (AvgIpc) is 3.45. The quantitative estimate of drug-likeness (QED) is 0.305. The van der Waals surface area contributed by atoms with Crippen LogP contribution in [0.25, 0.3) is 17.1 Å². The van der Waals surface area contributed by atoms with Crippen LogP contribution in [0.1, 0.15) is 23.2 Å². The molecule has 0 aliphatic heterocycles. The molecule has 0 bridgehead atoms. The molecule has 1 amide bonds. The summed E-state index contributed by atoms with van der Waals surface area (Å²) in [5, 5.41) is 12.6. The molecular formula is C25H27N5O2S2. The fourth-order valence-corrected chi connectivity index (χ4v) is 5.08. The number of benzene rings is 2. The summed E-state index contributed by atoms with van der Waals surface area (Å²) < 4.78 is 7.68. The van der Waals surface area contributed by atoms with Crippen LogP contribution in [0, 0.1) is 6.92 Å². The number of thioether (sulfide) groups is 1. The van der Waals surface area contributed by atoms with Gasteiger partial charge in [-0.3, -0.25) is 9.36 Å². The van der Waals surface area contributed by atoms with Gasteiger partial charge < -0.3 is 9.64 Å². The molecule has 2 aromatic carbocycles. The van der Waals surface area contributed by atoms with Crippen molar-refractivity contribution in [1.29, 1.82) is 0 Å². The number of thiazole rings is 1. The Morgan fingerprint density at radius 3 is 2.65 bits per heavy atom. The summed E-state index contributed by atoms with van der Waals surface area (Å²) in [7, 11) is 3.51. The van der Waals surface area contributed by atoms with Crippen LogP contribution in [0.4, 0.5) is 0 Å². The van der Waals surface area contributed by atoms with Crippen molar-refractivity contribution in [3.63, 3.8) is 0 Å². The van der Waals surface area contributed by atoms with Crippen molar-refractivity contribution in [2.75, 3.05) is 20.7 Å². The van der Waals surface area contributed by atoms with Crippen LogP contribution < -0.4 is 4.74 Å². The third-order valence-corrected chi connectivity index (χ3v) is 6.93. The molecule has 9 heteroatoms. The summed E-state index contributed by atoms with van der Waals surface area (Å²) in [4.78, 5) is 18.2. The Morgan fingerprint density at radius 1 is 1.15 bits per heavy atom. The van der Waals surface area contributed by atoms with Crippen molar-refractivity contribution in [1.82, 2.24) is 24.6 Å². The highest BCUT2D eigenvalue weighted by atomic mass is 32.2. The molecule has 0 saturated heterocycles. The molecule has 7 nitrogen and oxygen atoms in total. The first kappa shape index (κ1) is 24.0. The maximum absolute atomic E-state index is 12.0. The van der Waals surface area contributed by atoms with Gasteiger partial charge in [-0.15, -0.1) is 21.5 Å². The Bertz CT molecular complexity index is 1260. The van der Waals surface area contributed by atoms with Crippen LogP contribution in [0.3, 0.4) is 0 Å². The molecule has 4 rings (SSSR count). The van der Waals surface area contributed by atoms with E-state index in [4.69, 9.17) is 4.74 Å². The Labute approximate surface area is 207 Å². The van der Waals surface area contributed by atoms with Crippen LogP contribution >= 0.6 is 23.1 Å². The predicted octanol–water partition coefficient (Wildman–Crippen LogP) is 5.02. The average molecular weight is 494 g/mol. The number of hydrogen-bond acceptors (Lipinski definition) is 7. The lowest BCUT2D eigenvalue weighted by molar-refractivity contribution is -0.127. The van der Waals surface area contributed by atoms with E-state index < -0.39 is 0 Å². The van der Waals surface area contributed by atoms with E-state index in [0.29, 0.717) is 18.8 Å². The number of rotatable bonds is 9. The van der Waals surface area contributed by atoms with Crippen molar-refractivity contribution in [2.24, 2.45) is 0 Å². The van der Waals surface area contributed by atoms with Crippen molar-refractivity contribution in [3.05, 3.63) is 70.2 Å². The molecule has 0 atom stereocenters. The third kappa shape index (κ3) is 5.66. The van der Waals surface area contributed by atoms with Gasteiger partial charge in [0.25, 0.3) is 0 Å². The molecule has 4 aromatic rings. The molecule has 0 aliphatic carbocycles. The molecule has 0 N–H and O–H groups in total. The molecular weight excluding hydrogens is 466 g/mol. The van der Waals surface area contributed by atoms with Crippen LogP contribution in [0.15, 0.2) is 59.1 Å². The number of carbonyl (C=O) groups is 1. The Kier molecular flexibility index (Phi) is 7.64. The number of carbonyl (C=O) groups excluding carboxylic acids is 1. The lowest BCUT2D eigenvalue weighted by atomic mass is 10.1. The summed E-state index contributed by atoms with van der Waals surface area (Å²) in [6.07, 6.45) is 0.322. The van der Waals surface area contributed by atoms with E-state index in [0.717, 1.165) is 44.2 Å². The summed E-state index contributed by atoms with van der Waals surface area (Å²) in [5.41, 5.74) is 4.06. The van der Waals surface area contributed by atoms with Gasteiger partial charge in [-0.1, -0.05) is 35.5 Å². The highest BCUT2D eigenvalue weighted by Crippen LogP contribution is 2.31. The molecule has 176 valence electrons. The van der Waals surface area contributed by atoms with Gasteiger partial charge >= 0.3 is 0 Å². The van der Waals surface area contributed by atoms with Crippen molar-refractivity contribution in [3.8, 4) is 22.8 Å². The third-order valence-electron chi connectivity index (χ3n) is 5.07. The Hall–Kier alpha value is -3.17. The number of amides is 1. The van der Waals surface area contributed by atoms with E-state index in [1.807, 2.05) is 48.7 Å². The molecule has 34 heavy (non-hydrogen) atoms. The number of hydrogen-bond donors (Lipinski definition) is 0. The Morgan fingerprint density at radius 2 is 1.94 bits per heavy atom. The monoisotopic (exact) mass is 493 g/mol. The van der Waals surface area contributed by atoms with Crippen LogP contribution in [0.5, 0.6) is 5.75 Å². The van der Waals surface area contributed by atoms with Gasteiger partial charge in [-0.2, -0.15) is 0 Å². The van der Waals surface area contributed by atoms with E-state index in [9.17, 15) is 4.79 Å². The molecule has 0 fully saturated rings. The van der Waals surface area contributed by atoms with Gasteiger partial charge in [0, 0.05) is 36.5 Å². The minimum atomic E-state index is 0.0478. The van der Waals surface area contributed by atoms with Crippen LogP contribution in [-0.4, -0.2) is 51.3 Å². The first-order valence-corrected chi connectivity index (χ1v) is 12.8. The van der Waals surface area contributed by atoms with Crippen LogP contribution in [0.2, 0.25) is 0 Å². The van der Waals surface area contributed by atoms with Gasteiger partial charge in [0.1, 0.15) is 10.8 Å². The zero-order valence-electron chi connectivity index (χ0n) is 19.7. The molecule has 0 saturated carbocycles. The summed E-state index contributed by atoms with van der Waals surface area (Å²) in [6, 6.07) is 16.2. The van der Waals surface area contributed by atoms with E-state index in [-0.39, 0.29) is 5.91 Å². The second-order valence-corrected chi connectivity index (χ2v) is 9.81. The Balaban J connectivity index is 1.61. The maximum atomic E-state index is 12.0. The predicted molar refractivity (Wildman–Crippen MR) is 137 cm³/mol. The standard InChI is InChI=1S/C25H27N5O2S2/c1-5-32-21-11-9-20(10-12-21)30-24(18-8-6-7-17(2)13-18)27-28-25(30)34-16-19-15-33-22(26-19)14-23(31)29(3)4/h6-13,15H,5,14,16H2,1-4H3. The minimum Gasteiger partial charge on any atom is -0.494 e. The fraction of sp³-hybridized carbons (Fsp3) is 0.280. The molecule has 0 radical (unpaired) electrons. The van der Waals surface area contributed by atoms with E-state index >= 15 is 0 Å². The van der Waals surface area contributed by atoms with Crippen molar-refractivity contribution >= 4 is 29.0 Å². The van der Waals surface area contributed by atoms with Gasteiger partial charge in [0.15, 0.2) is 11.0 Å². The normalized spacial score (nSPS) is 10.9. The van der Waals surface area contributed by atoms with Gasteiger partial charge in [-0.05, 0) is 44.2 Å². The number of likely N-dealkylation sites (N-methyl/N-ethyl adjacent to an activating group) is 1. The fourth-order valence-electron chi connectivity index (χ4n) is 3.35. The molecule has 0 aliphatic rings. The second kappa shape index (κ2) is 10.8. The maximum Gasteiger partial charge on any atom is 0.228 e. The summed E-state index contributed by atoms with van der Waals surface area (Å²) in [6.45, 7) is 4.66. The highest BCUT2D eigenvalue weighted by Gasteiger charge is 2.17. The van der Waals surface area contributed by atoms with Crippen molar-refractivity contribution < 1.29 is 9.53 Å². The number of nitrogens with zero attached hydrogens (tertiary/aromatic N) is 5. The zero-order valence-corrected chi connectivity index (χ0v) is 21.3. The number of aromatic nitrogens is 4. The van der Waals surface area contributed by atoms with E-state index in [2.05, 4.69) is 38.8 Å². The summed E-state index contributed by atoms with van der Waals surface area (Å²) >= 11 is 3.09. The van der Waals surface area contributed by atoms with E-state index in [1.165, 1.54) is 11.3 Å². The first-order valence-electron chi connectivity index (χ1n) is 11.0. The summed E-state index contributed by atoms with van der Waals surface area (Å²) in [5.74, 6) is 2.29. The topological polar surface area (TPSA) is 73.1 Å². The van der Waals surface area contributed by atoms with Gasteiger partial charge in [0.2, 0.25) is 5.91 Å². The highest BCUT2D eigenvalue weighted by molar-refractivity contribution is 7.98. The minimum absolute atomic E-state index is 0.0478. The first-order chi connectivity index (χ1) is 16.4.